The van der Waals surface area contributed by atoms with Crippen molar-refractivity contribution in [3.63, 3.8) is 0 Å². The number of aryl methyl sites for hydroxylation is 1. The van der Waals surface area contributed by atoms with Crippen LogP contribution in [0.1, 0.15) is 26.3 Å². The Morgan fingerprint density at radius 1 is 1.43 bits per heavy atom. The minimum atomic E-state index is -0.624. The van der Waals surface area contributed by atoms with E-state index < -0.39 is 6.04 Å². The van der Waals surface area contributed by atoms with Crippen LogP contribution in [0.4, 0.5) is 5.69 Å². The third-order valence-corrected chi connectivity index (χ3v) is 3.79. The van der Waals surface area contributed by atoms with Crippen molar-refractivity contribution in [2.75, 3.05) is 5.32 Å². The van der Waals surface area contributed by atoms with Crippen molar-refractivity contribution in [2.45, 2.75) is 33.7 Å². The Morgan fingerprint density at radius 3 is 2.71 bits per heavy atom. The fraction of sp³-hybridized carbons (Fsp3) is 0.375. The van der Waals surface area contributed by atoms with Crippen LogP contribution in [0.5, 0.6) is 0 Å². The van der Waals surface area contributed by atoms with Gasteiger partial charge in [-0.05, 0) is 36.1 Å². The van der Waals surface area contributed by atoms with Gasteiger partial charge in [0, 0.05) is 11.6 Å². The summed E-state index contributed by atoms with van der Waals surface area (Å²) >= 11 is 6.29. The number of nitrogens with one attached hydrogen (secondary N) is 1. The quantitative estimate of drug-likeness (QED) is 0.892. The van der Waals surface area contributed by atoms with E-state index in [-0.39, 0.29) is 11.3 Å². The van der Waals surface area contributed by atoms with Gasteiger partial charge in [0.25, 0.3) is 0 Å². The van der Waals surface area contributed by atoms with E-state index in [0.29, 0.717) is 10.7 Å². The van der Waals surface area contributed by atoms with Crippen LogP contribution in [-0.4, -0.2) is 16.9 Å². The fourth-order valence-electron chi connectivity index (χ4n) is 2.10. The molecule has 5 heteroatoms. The van der Waals surface area contributed by atoms with E-state index in [0.717, 1.165) is 16.5 Å². The molecule has 0 fully saturated rings. The summed E-state index contributed by atoms with van der Waals surface area (Å²) in [6, 6.07) is 4.88. The molecule has 21 heavy (non-hydrogen) atoms. The van der Waals surface area contributed by atoms with Crippen LogP contribution in [0, 0.1) is 12.3 Å². The monoisotopic (exact) mass is 305 g/mol. The molecule has 0 saturated carbocycles. The van der Waals surface area contributed by atoms with E-state index >= 15 is 0 Å². The lowest BCUT2D eigenvalue weighted by molar-refractivity contribution is -0.119. The van der Waals surface area contributed by atoms with E-state index in [1.54, 1.807) is 12.3 Å². The Hall–Kier alpha value is -1.65. The van der Waals surface area contributed by atoms with Gasteiger partial charge in [0.2, 0.25) is 5.91 Å². The maximum atomic E-state index is 12.3. The first-order chi connectivity index (χ1) is 9.71. The van der Waals surface area contributed by atoms with Crippen molar-refractivity contribution in [3.8, 4) is 0 Å². The summed E-state index contributed by atoms with van der Waals surface area (Å²) in [5.41, 5.74) is 8.02. The zero-order valence-electron chi connectivity index (χ0n) is 12.7. The third-order valence-electron chi connectivity index (χ3n) is 3.50. The van der Waals surface area contributed by atoms with E-state index in [1.807, 2.05) is 39.8 Å². The number of nitrogens with zero attached hydrogens (tertiary/aromatic N) is 1. The number of fused-ring (bicyclic) bond motifs is 1. The molecule has 1 amide bonds. The average Bonchev–Trinajstić information content (AvgIpc) is 2.41. The molecule has 1 atom stereocenters. The summed E-state index contributed by atoms with van der Waals surface area (Å²) in [7, 11) is 0. The highest BCUT2D eigenvalue weighted by Gasteiger charge is 2.28. The Bertz CT molecular complexity index is 692. The largest absolute Gasteiger partial charge is 0.323 e. The van der Waals surface area contributed by atoms with Crippen LogP contribution in [0.2, 0.25) is 5.02 Å². The van der Waals surface area contributed by atoms with Crippen LogP contribution >= 0.6 is 11.6 Å². The summed E-state index contributed by atoms with van der Waals surface area (Å²) in [6.07, 6.45) is 1.72. The predicted molar refractivity (Wildman–Crippen MR) is 87.6 cm³/mol. The highest BCUT2D eigenvalue weighted by Crippen LogP contribution is 2.33. The lowest BCUT2D eigenvalue weighted by Gasteiger charge is -2.26. The number of pyridine rings is 1. The maximum Gasteiger partial charge on any atom is 0.241 e. The number of carbonyl (C=O) groups excluding carboxylic acids is 1. The number of rotatable bonds is 2. The van der Waals surface area contributed by atoms with Crippen LogP contribution in [0.25, 0.3) is 10.9 Å². The fourth-order valence-corrected chi connectivity index (χ4v) is 2.41. The zero-order chi connectivity index (χ0) is 15.8. The van der Waals surface area contributed by atoms with Gasteiger partial charge in [0.05, 0.1) is 22.3 Å². The summed E-state index contributed by atoms with van der Waals surface area (Å²) < 4.78 is 0. The minimum absolute atomic E-state index is 0.251. The van der Waals surface area contributed by atoms with Crippen molar-refractivity contribution in [1.29, 1.82) is 0 Å². The molecular weight excluding hydrogens is 286 g/mol. The molecular formula is C16H20ClN3O. The molecule has 1 aromatic heterocycles. The van der Waals surface area contributed by atoms with Gasteiger partial charge >= 0.3 is 0 Å². The summed E-state index contributed by atoms with van der Waals surface area (Å²) in [6.45, 7) is 7.71. The molecule has 0 aliphatic rings. The molecule has 0 aliphatic carbocycles. The second-order valence-corrected chi connectivity index (χ2v) is 6.69. The van der Waals surface area contributed by atoms with Gasteiger partial charge in [-0.2, -0.15) is 0 Å². The van der Waals surface area contributed by atoms with Crippen molar-refractivity contribution in [3.05, 3.63) is 35.0 Å². The highest BCUT2D eigenvalue weighted by molar-refractivity contribution is 6.35. The molecule has 1 unspecified atom stereocenters. The van der Waals surface area contributed by atoms with E-state index in [1.165, 1.54) is 0 Å². The predicted octanol–water partition coefficient (Wildman–Crippen LogP) is 3.51. The number of hydrogen-bond acceptors (Lipinski definition) is 3. The first kappa shape index (κ1) is 15.7. The lowest BCUT2D eigenvalue weighted by atomic mass is 9.87. The van der Waals surface area contributed by atoms with Crippen LogP contribution < -0.4 is 11.1 Å². The number of carbonyl (C=O) groups is 1. The normalized spacial score (nSPS) is 13.2. The standard InChI is InChI=1S/C16H20ClN3O/c1-9-8-11(17)13(10-6-5-7-19-12(9)10)20-15(21)14(18)16(2,3)4/h5-8,14H,18H2,1-4H3,(H,20,21). The van der Waals surface area contributed by atoms with Crippen LogP contribution in [0.3, 0.4) is 0 Å². The minimum Gasteiger partial charge on any atom is -0.323 e. The van der Waals surface area contributed by atoms with E-state index in [4.69, 9.17) is 17.3 Å². The van der Waals surface area contributed by atoms with E-state index in [9.17, 15) is 4.79 Å². The summed E-state index contributed by atoms with van der Waals surface area (Å²) in [5, 5.41) is 4.16. The van der Waals surface area contributed by atoms with Gasteiger partial charge in [-0.3, -0.25) is 9.78 Å². The zero-order valence-corrected chi connectivity index (χ0v) is 13.5. The molecule has 0 saturated heterocycles. The van der Waals surface area contributed by atoms with Gasteiger partial charge in [0.15, 0.2) is 0 Å². The van der Waals surface area contributed by atoms with Crippen molar-refractivity contribution < 1.29 is 4.79 Å². The van der Waals surface area contributed by atoms with Crippen molar-refractivity contribution >= 4 is 34.1 Å². The molecule has 0 spiro atoms. The van der Waals surface area contributed by atoms with Gasteiger partial charge in [-0.15, -0.1) is 0 Å². The number of hydrogen-bond donors (Lipinski definition) is 2. The molecule has 4 nitrogen and oxygen atoms in total. The van der Waals surface area contributed by atoms with Crippen molar-refractivity contribution in [2.24, 2.45) is 11.1 Å². The molecule has 1 heterocycles. The summed E-state index contributed by atoms with van der Waals surface area (Å²) in [4.78, 5) is 16.7. The van der Waals surface area contributed by atoms with Gasteiger partial charge < -0.3 is 11.1 Å². The third kappa shape index (κ3) is 3.17. The number of aromatic nitrogens is 1. The average molecular weight is 306 g/mol. The molecule has 2 rings (SSSR count). The van der Waals surface area contributed by atoms with Crippen molar-refractivity contribution in [1.82, 2.24) is 4.98 Å². The smallest absolute Gasteiger partial charge is 0.241 e. The first-order valence-corrected chi connectivity index (χ1v) is 7.20. The maximum absolute atomic E-state index is 12.3. The second-order valence-electron chi connectivity index (χ2n) is 6.28. The first-order valence-electron chi connectivity index (χ1n) is 6.82. The highest BCUT2D eigenvalue weighted by atomic mass is 35.5. The number of nitrogens with two attached hydrogens (primary N) is 1. The molecule has 0 aliphatic heterocycles. The summed E-state index contributed by atoms with van der Waals surface area (Å²) in [5.74, 6) is -0.251. The van der Waals surface area contributed by atoms with Crippen LogP contribution in [-0.2, 0) is 4.79 Å². The molecule has 112 valence electrons. The van der Waals surface area contributed by atoms with Gasteiger partial charge in [-0.1, -0.05) is 32.4 Å². The molecule has 1 aromatic carbocycles. The number of halogens is 1. The Morgan fingerprint density at radius 2 is 2.10 bits per heavy atom. The molecule has 3 N–H and O–H groups in total. The van der Waals surface area contributed by atoms with Crippen LogP contribution in [0.15, 0.2) is 24.4 Å². The Labute approximate surface area is 129 Å². The van der Waals surface area contributed by atoms with Gasteiger partial charge in [0.1, 0.15) is 0 Å². The number of anilines is 1. The SMILES string of the molecule is Cc1cc(Cl)c(NC(=O)C(N)C(C)(C)C)c2cccnc12. The Kier molecular flexibility index (Phi) is 4.21. The second kappa shape index (κ2) is 5.62. The molecule has 0 radical (unpaired) electrons. The molecule has 2 aromatic rings. The number of amides is 1. The lowest BCUT2D eigenvalue weighted by Crippen LogP contribution is -2.45. The Balaban J connectivity index is 2.46. The molecule has 0 bridgehead atoms. The topological polar surface area (TPSA) is 68.0 Å². The number of benzene rings is 1. The van der Waals surface area contributed by atoms with E-state index in [2.05, 4.69) is 10.3 Å². The van der Waals surface area contributed by atoms with Gasteiger partial charge in [-0.25, -0.2) is 0 Å².